The number of alkyl halides is 3. The third-order valence-corrected chi connectivity index (χ3v) is 2.93. The molecule has 0 aliphatic carbocycles. The molecule has 2 nitrogen and oxygen atoms in total. The molecule has 2 aliphatic rings. The lowest BCUT2D eigenvalue weighted by Crippen LogP contribution is -2.43. The number of amides is 1. The molecule has 2 saturated heterocycles. The van der Waals surface area contributed by atoms with Crippen molar-refractivity contribution in [2.75, 3.05) is 0 Å². The molecule has 74 valence electrons. The van der Waals surface area contributed by atoms with Crippen molar-refractivity contribution < 1.29 is 18.0 Å². The van der Waals surface area contributed by atoms with E-state index in [0.29, 0.717) is 0 Å². The molecule has 0 aromatic rings. The number of rotatable bonds is 0. The fourth-order valence-electron chi connectivity index (χ4n) is 2.39. The van der Waals surface area contributed by atoms with E-state index in [2.05, 4.69) is 0 Å². The number of fused-ring (bicyclic) bond motifs is 2. The van der Waals surface area contributed by atoms with E-state index in [1.54, 1.807) is 0 Å². The van der Waals surface area contributed by atoms with Gasteiger partial charge in [0, 0.05) is 12.1 Å². The van der Waals surface area contributed by atoms with Crippen LogP contribution < -0.4 is 0 Å². The number of carbonyl (C=O) groups excluding carboxylic acids is 1. The number of halogens is 3. The third kappa shape index (κ3) is 1.30. The molecule has 0 aromatic carbocycles. The highest BCUT2D eigenvalue weighted by atomic mass is 19.4. The van der Waals surface area contributed by atoms with Gasteiger partial charge in [-0.15, -0.1) is 0 Å². The average Bonchev–Trinajstić information content (AvgIpc) is 2.59. The summed E-state index contributed by atoms with van der Waals surface area (Å²) in [6, 6.07) is -0.279. The van der Waals surface area contributed by atoms with Crippen LogP contribution in [-0.4, -0.2) is 29.1 Å². The first-order valence-electron chi connectivity index (χ1n) is 4.39. The summed E-state index contributed by atoms with van der Waals surface area (Å²) in [5, 5.41) is 0. The highest BCUT2D eigenvalue weighted by Crippen LogP contribution is 2.39. The molecule has 0 spiro atoms. The van der Waals surface area contributed by atoms with Gasteiger partial charge in [0.15, 0.2) is 0 Å². The summed E-state index contributed by atoms with van der Waals surface area (Å²) in [5.74, 6) is -1.64. The van der Waals surface area contributed by atoms with Crippen LogP contribution in [0.25, 0.3) is 0 Å². The van der Waals surface area contributed by atoms with Crippen LogP contribution in [-0.2, 0) is 4.79 Å². The second-order valence-corrected chi connectivity index (χ2v) is 3.67. The molecule has 1 amide bonds. The summed E-state index contributed by atoms with van der Waals surface area (Å²) in [7, 11) is 0. The van der Waals surface area contributed by atoms with Crippen molar-refractivity contribution in [2.24, 2.45) is 0 Å². The monoisotopic (exact) mass is 193 g/mol. The number of hydrogen-bond acceptors (Lipinski definition) is 1. The largest absolute Gasteiger partial charge is 0.471 e. The van der Waals surface area contributed by atoms with Gasteiger partial charge in [-0.1, -0.05) is 0 Å². The lowest BCUT2D eigenvalue weighted by atomic mass is 10.0. The molecule has 2 aliphatic heterocycles. The zero-order valence-corrected chi connectivity index (χ0v) is 6.97. The first kappa shape index (κ1) is 8.84. The lowest BCUT2D eigenvalue weighted by Gasteiger charge is -2.22. The molecule has 2 fully saturated rings. The van der Waals surface area contributed by atoms with E-state index < -0.39 is 12.1 Å². The molecule has 0 atom stereocenters. The Labute approximate surface area is 73.7 Å². The fraction of sp³-hybridized carbons (Fsp3) is 0.875. The minimum atomic E-state index is -4.69. The van der Waals surface area contributed by atoms with Crippen LogP contribution in [0.5, 0.6) is 0 Å². The number of nitrogens with zero attached hydrogens (tertiary/aromatic N) is 1. The molecule has 2 bridgehead atoms. The molecular weight excluding hydrogens is 183 g/mol. The van der Waals surface area contributed by atoms with E-state index in [1.807, 2.05) is 0 Å². The second kappa shape index (κ2) is 2.62. The van der Waals surface area contributed by atoms with Crippen LogP contribution >= 0.6 is 0 Å². The van der Waals surface area contributed by atoms with Gasteiger partial charge in [0.1, 0.15) is 0 Å². The molecule has 5 heteroatoms. The van der Waals surface area contributed by atoms with Gasteiger partial charge < -0.3 is 4.90 Å². The second-order valence-electron chi connectivity index (χ2n) is 3.67. The summed E-state index contributed by atoms with van der Waals surface area (Å²) < 4.78 is 36.3. The van der Waals surface area contributed by atoms with Crippen molar-refractivity contribution in [2.45, 2.75) is 43.9 Å². The third-order valence-electron chi connectivity index (χ3n) is 2.93. The zero-order chi connectivity index (χ0) is 9.64. The Morgan fingerprint density at radius 2 is 1.46 bits per heavy atom. The molecule has 13 heavy (non-hydrogen) atoms. The van der Waals surface area contributed by atoms with Gasteiger partial charge in [-0.25, -0.2) is 0 Å². The Bertz CT molecular complexity index is 218. The summed E-state index contributed by atoms with van der Waals surface area (Å²) in [4.78, 5) is 12.0. The van der Waals surface area contributed by atoms with E-state index in [0.717, 1.165) is 30.6 Å². The molecule has 0 saturated carbocycles. The minimum Gasteiger partial charge on any atom is -0.329 e. The predicted molar refractivity (Wildman–Crippen MR) is 38.9 cm³/mol. The smallest absolute Gasteiger partial charge is 0.329 e. The van der Waals surface area contributed by atoms with E-state index in [9.17, 15) is 18.0 Å². The van der Waals surface area contributed by atoms with Crippen molar-refractivity contribution in [3.63, 3.8) is 0 Å². The van der Waals surface area contributed by atoms with Crippen LogP contribution in [0.1, 0.15) is 25.7 Å². The highest BCUT2D eigenvalue weighted by Gasteiger charge is 2.51. The van der Waals surface area contributed by atoms with Crippen molar-refractivity contribution in [1.29, 1.82) is 0 Å². The predicted octanol–water partition coefficient (Wildman–Crippen LogP) is 1.70. The minimum absolute atomic E-state index is 0.140. The topological polar surface area (TPSA) is 20.3 Å². The van der Waals surface area contributed by atoms with Gasteiger partial charge in [0.05, 0.1) is 0 Å². The normalized spacial score (nSPS) is 32.7. The molecule has 0 N–H and O–H groups in total. The van der Waals surface area contributed by atoms with Gasteiger partial charge in [-0.2, -0.15) is 13.2 Å². The van der Waals surface area contributed by atoms with Crippen LogP contribution in [0.15, 0.2) is 0 Å². The van der Waals surface area contributed by atoms with Crippen LogP contribution in [0, 0.1) is 0 Å². The number of carbonyl (C=O) groups is 1. The van der Waals surface area contributed by atoms with E-state index in [-0.39, 0.29) is 12.1 Å². The molecular formula is C8H10F3NO. The van der Waals surface area contributed by atoms with Crippen LogP contribution in [0.3, 0.4) is 0 Å². The standard InChI is InChI=1S/C8H10F3NO/c9-8(10,11)7(13)12-5-1-2-6(12)4-3-5/h5-6H,1-4H2. The summed E-state index contributed by atoms with van der Waals surface area (Å²) in [5.41, 5.74) is 0. The fourth-order valence-corrected chi connectivity index (χ4v) is 2.39. The molecule has 2 heterocycles. The Balaban J connectivity index is 2.14. The van der Waals surface area contributed by atoms with Crippen molar-refractivity contribution in [3.8, 4) is 0 Å². The van der Waals surface area contributed by atoms with Crippen molar-refractivity contribution in [3.05, 3.63) is 0 Å². The summed E-state index contributed by atoms with van der Waals surface area (Å²) in [6.45, 7) is 0. The van der Waals surface area contributed by atoms with Crippen LogP contribution in [0.4, 0.5) is 13.2 Å². The lowest BCUT2D eigenvalue weighted by molar-refractivity contribution is -0.186. The summed E-state index contributed by atoms with van der Waals surface area (Å²) >= 11 is 0. The average molecular weight is 193 g/mol. The van der Waals surface area contributed by atoms with Crippen molar-refractivity contribution >= 4 is 5.91 Å². The van der Waals surface area contributed by atoms with Gasteiger partial charge >= 0.3 is 12.1 Å². The maximum Gasteiger partial charge on any atom is 0.471 e. The van der Waals surface area contributed by atoms with E-state index in [1.165, 1.54) is 0 Å². The maximum atomic E-state index is 12.1. The van der Waals surface area contributed by atoms with E-state index >= 15 is 0 Å². The van der Waals surface area contributed by atoms with Crippen molar-refractivity contribution in [1.82, 2.24) is 4.90 Å². The first-order chi connectivity index (χ1) is 6.00. The Kier molecular flexibility index (Phi) is 1.78. The zero-order valence-electron chi connectivity index (χ0n) is 6.97. The first-order valence-corrected chi connectivity index (χ1v) is 4.39. The SMILES string of the molecule is O=C(N1C2CCC1CC2)C(F)(F)F. The van der Waals surface area contributed by atoms with E-state index in [4.69, 9.17) is 0 Å². The van der Waals surface area contributed by atoms with Gasteiger partial charge in [0.25, 0.3) is 0 Å². The molecule has 2 rings (SSSR count). The molecule has 0 radical (unpaired) electrons. The quantitative estimate of drug-likeness (QED) is 0.573. The molecule has 0 aromatic heterocycles. The van der Waals surface area contributed by atoms with Crippen LogP contribution in [0.2, 0.25) is 0 Å². The Morgan fingerprint density at radius 1 is 1.08 bits per heavy atom. The molecule has 0 unspecified atom stereocenters. The van der Waals surface area contributed by atoms with Gasteiger partial charge in [-0.3, -0.25) is 4.79 Å². The highest BCUT2D eigenvalue weighted by molar-refractivity contribution is 5.83. The van der Waals surface area contributed by atoms with Gasteiger partial charge in [0.2, 0.25) is 0 Å². The number of hydrogen-bond donors (Lipinski definition) is 0. The summed E-state index contributed by atoms with van der Waals surface area (Å²) in [6.07, 6.45) is -1.72. The Morgan fingerprint density at radius 3 is 1.77 bits per heavy atom. The van der Waals surface area contributed by atoms with Gasteiger partial charge in [-0.05, 0) is 25.7 Å². The Hall–Kier alpha value is -0.740. The maximum absolute atomic E-state index is 12.1.